The molecule has 1 aromatic carbocycles. The maximum absolute atomic E-state index is 11.3. The second kappa shape index (κ2) is 4.80. The van der Waals surface area contributed by atoms with Crippen LogP contribution in [0, 0.1) is 4.91 Å². The summed E-state index contributed by atoms with van der Waals surface area (Å²) in [7, 11) is 0. The fraction of sp³-hybridized carbons (Fsp3) is 0. The molecule has 1 aromatic rings. The van der Waals surface area contributed by atoms with Crippen molar-refractivity contribution < 1.29 is 9.90 Å². The average molecular weight is 285 g/mol. The summed E-state index contributed by atoms with van der Waals surface area (Å²) in [4.78, 5) is 21.6. The van der Waals surface area contributed by atoms with E-state index in [1.165, 1.54) is 6.08 Å². The first-order chi connectivity index (χ1) is 8.54. The molecule has 0 aliphatic carbocycles. The van der Waals surface area contributed by atoms with E-state index in [1.807, 2.05) is 0 Å². The van der Waals surface area contributed by atoms with E-state index in [-0.39, 0.29) is 5.70 Å². The zero-order valence-corrected chi connectivity index (χ0v) is 10.3. The molecule has 0 aromatic heterocycles. The summed E-state index contributed by atoms with van der Waals surface area (Å²) in [5.74, 6) is -1.29. The van der Waals surface area contributed by atoms with Crippen LogP contribution in [-0.4, -0.2) is 11.0 Å². The largest absolute Gasteiger partial charge is 0.504 e. The number of rotatable bonds is 2. The minimum absolute atomic E-state index is 0.0320. The number of aliphatic hydroxyl groups excluding tert-OH is 1. The first-order valence-electron chi connectivity index (χ1n) is 4.78. The number of carbonyl (C=O) groups excluding carboxylic acids is 1. The van der Waals surface area contributed by atoms with Crippen LogP contribution in [0.3, 0.4) is 0 Å². The van der Waals surface area contributed by atoms with Gasteiger partial charge in [0.05, 0.1) is 5.70 Å². The predicted octanol–water partition coefficient (Wildman–Crippen LogP) is 3.00. The van der Waals surface area contributed by atoms with Crippen molar-refractivity contribution in [3.05, 3.63) is 55.9 Å². The van der Waals surface area contributed by atoms with E-state index in [2.05, 4.69) is 10.5 Å². The van der Waals surface area contributed by atoms with Crippen LogP contribution >= 0.6 is 23.2 Å². The lowest BCUT2D eigenvalue weighted by Crippen LogP contribution is -2.15. The maximum Gasteiger partial charge on any atom is 0.281 e. The van der Waals surface area contributed by atoms with Crippen LogP contribution in [0.5, 0.6) is 0 Å². The van der Waals surface area contributed by atoms with Crippen LogP contribution < -0.4 is 5.32 Å². The molecule has 0 saturated heterocycles. The van der Waals surface area contributed by atoms with Crippen molar-refractivity contribution in [2.75, 3.05) is 0 Å². The molecule has 0 bridgehead atoms. The summed E-state index contributed by atoms with van der Waals surface area (Å²) in [5.41, 5.74) is -0.108. The average Bonchev–Trinajstić information content (AvgIpc) is 2.59. The lowest BCUT2D eigenvalue weighted by atomic mass is 10.2. The van der Waals surface area contributed by atoms with E-state index in [4.69, 9.17) is 23.2 Å². The van der Waals surface area contributed by atoms with Crippen LogP contribution in [0.1, 0.15) is 5.56 Å². The minimum Gasteiger partial charge on any atom is -0.504 e. The number of amides is 1. The van der Waals surface area contributed by atoms with E-state index in [0.29, 0.717) is 15.6 Å². The third-order valence-electron chi connectivity index (χ3n) is 2.32. The number of hydrogen-bond acceptors (Lipinski definition) is 4. The van der Waals surface area contributed by atoms with E-state index in [1.54, 1.807) is 18.2 Å². The van der Waals surface area contributed by atoms with Gasteiger partial charge in [0.1, 0.15) is 0 Å². The zero-order chi connectivity index (χ0) is 13.3. The minimum atomic E-state index is -0.767. The highest BCUT2D eigenvalue weighted by atomic mass is 35.5. The van der Waals surface area contributed by atoms with Gasteiger partial charge in [-0.3, -0.25) is 4.79 Å². The van der Waals surface area contributed by atoms with Gasteiger partial charge in [-0.25, -0.2) is 0 Å². The number of nitrogens with one attached hydrogen (secondary N) is 1. The van der Waals surface area contributed by atoms with E-state index in [9.17, 15) is 14.8 Å². The number of nitroso groups, excluding NO2 is 1. The number of benzene rings is 1. The molecule has 0 spiro atoms. The third kappa shape index (κ3) is 2.10. The quantitative estimate of drug-likeness (QED) is 0.820. The van der Waals surface area contributed by atoms with Gasteiger partial charge in [0.15, 0.2) is 5.76 Å². The van der Waals surface area contributed by atoms with Crippen LogP contribution in [0.2, 0.25) is 10.0 Å². The molecule has 0 saturated carbocycles. The summed E-state index contributed by atoms with van der Waals surface area (Å²) in [6, 6.07) is 4.88. The second-order valence-corrected chi connectivity index (χ2v) is 4.25. The van der Waals surface area contributed by atoms with Gasteiger partial charge >= 0.3 is 0 Å². The van der Waals surface area contributed by atoms with Gasteiger partial charge in [0.25, 0.3) is 5.91 Å². The molecule has 92 valence electrons. The molecule has 5 nitrogen and oxygen atoms in total. The Labute approximate surface area is 112 Å². The Balaban J connectivity index is 2.51. The molecule has 0 unspecified atom stereocenters. The maximum atomic E-state index is 11.3. The molecule has 1 amide bonds. The summed E-state index contributed by atoms with van der Waals surface area (Å²) < 4.78 is 0. The topological polar surface area (TPSA) is 78.8 Å². The summed E-state index contributed by atoms with van der Waals surface area (Å²) in [6.07, 6.45) is 1.37. The van der Waals surface area contributed by atoms with Crippen LogP contribution in [0.15, 0.2) is 40.5 Å². The lowest BCUT2D eigenvalue weighted by molar-refractivity contribution is -0.116. The molecule has 1 heterocycles. The number of halogens is 2. The van der Waals surface area contributed by atoms with Gasteiger partial charge in [0.2, 0.25) is 5.70 Å². The van der Waals surface area contributed by atoms with Crippen molar-refractivity contribution in [1.82, 2.24) is 5.32 Å². The summed E-state index contributed by atoms with van der Waals surface area (Å²) >= 11 is 11.9. The molecule has 2 N–H and O–H groups in total. The fourth-order valence-corrected chi connectivity index (χ4v) is 1.96. The molecule has 0 radical (unpaired) electrons. The van der Waals surface area contributed by atoms with Gasteiger partial charge in [-0.05, 0) is 23.4 Å². The van der Waals surface area contributed by atoms with Crippen molar-refractivity contribution in [3.8, 4) is 0 Å². The zero-order valence-electron chi connectivity index (χ0n) is 8.78. The molecule has 0 atom stereocenters. The Morgan fingerprint density at radius 1 is 1.28 bits per heavy atom. The lowest BCUT2D eigenvalue weighted by Gasteiger charge is -2.03. The van der Waals surface area contributed by atoms with Gasteiger partial charge in [-0.2, -0.15) is 0 Å². The van der Waals surface area contributed by atoms with Crippen molar-refractivity contribution in [3.63, 3.8) is 0 Å². The van der Waals surface area contributed by atoms with E-state index in [0.717, 1.165) is 0 Å². The van der Waals surface area contributed by atoms with E-state index < -0.39 is 17.4 Å². The van der Waals surface area contributed by atoms with Crippen LogP contribution in [-0.2, 0) is 4.79 Å². The molecule has 7 heteroatoms. The Kier molecular flexibility index (Phi) is 3.36. The molecule has 1 aliphatic rings. The van der Waals surface area contributed by atoms with Crippen LogP contribution in [0.25, 0.3) is 6.08 Å². The monoisotopic (exact) mass is 284 g/mol. The molecule has 0 fully saturated rings. The Morgan fingerprint density at radius 2 is 1.89 bits per heavy atom. The first kappa shape index (κ1) is 12.6. The van der Waals surface area contributed by atoms with Crippen molar-refractivity contribution >= 4 is 35.2 Å². The van der Waals surface area contributed by atoms with E-state index >= 15 is 0 Å². The predicted molar refractivity (Wildman–Crippen MR) is 68.0 cm³/mol. The fourth-order valence-electron chi connectivity index (χ4n) is 1.46. The Bertz CT molecular complexity index is 588. The highest BCUT2D eigenvalue weighted by molar-refractivity contribution is 6.37. The molecule has 1 aliphatic heterocycles. The first-order valence-corrected chi connectivity index (χ1v) is 5.54. The second-order valence-electron chi connectivity index (χ2n) is 3.44. The highest BCUT2D eigenvalue weighted by Gasteiger charge is 2.28. The SMILES string of the molecule is O=NC1=C(O)C(=Cc2c(Cl)cccc2Cl)NC1=O. The number of nitrogens with zero attached hydrogens (tertiary/aromatic N) is 1. The van der Waals surface area contributed by atoms with Crippen molar-refractivity contribution in [1.29, 1.82) is 0 Å². The standard InChI is InChI=1S/C11H6Cl2N2O3/c12-6-2-1-3-7(13)5(6)4-8-10(16)9(15-18)11(17)14-8/h1-4,16H,(H,14,17). The highest BCUT2D eigenvalue weighted by Crippen LogP contribution is 2.29. The molecule has 2 rings (SSSR count). The van der Waals surface area contributed by atoms with Gasteiger partial charge in [-0.1, -0.05) is 29.3 Å². The Hall–Kier alpha value is -1.85. The van der Waals surface area contributed by atoms with Gasteiger partial charge in [-0.15, -0.1) is 4.91 Å². The normalized spacial score (nSPS) is 17.2. The molecule has 18 heavy (non-hydrogen) atoms. The van der Waals surface area contributed by atoms with Crippen molar-refractivity contribution in [2.45, 2.75) is 0 Å². The van der Waals surface area contributed by atoms with Gasteiger partial charge < -0.3 is 10.4 Å². The van der Waals surface area contributed by atoms with Crippen molar-refractivity contribution in [2.24, 2.45) is 5.18 Å². The summed E-state index contributed by atoms with van der Waals surface area (Å²) in [5, 5.41) is 15.1. The number of hydrogen-bond donors (Lipinski definition) is 2. The van der Waals surface area contributed by atoms with Crippen LogP contribution in [0.4, 0.5) is 0 Å². The smallest absolute Gasteiger partial charge is 0.281 e. The van der Waals surface area contributed by atoms with Gasteiger partial charge in [0, 0.05) is 15.6 Å². The number of aliphatic hydroxyl groups is 1. The summed E-state index contributed by atoms with van der Waals surface area (Å²) in [6.45, 7) is 0. The molecular weight excluding hydrogens is 279 g/mol. The Morgan fingerprint density at radius 3 is 2.39 bits per heavy atom. The third-order valence-corrected chi connectivity index (χ3v) is 2.98. The number of carbonyl (C=O) groups is 1. The molecular formula is C11H6Cl2N2O3.